The normalized spacial score (nSPS) is 11.6. The van der Waals surface area contributed by atoms with Gasteiger partial charge >= 0.3 is 0 Å². The quantitative estimate of drug-likeness (QED) is 0.0564. The van der Waals surface area contributed by atoms with E-state index in [-0.39, 0.29) is 97.1 Å². The van der Waals surface area contributed by atoms with E-state index in [4.69, 9.17) is 9.47 Å². The minimum atomic E-state index is -0.647. The smallest absolute Gasteiger partial charge is 0.234 e. The molecule has 0 aromatic rings. The zero-order valence-corrected chi connectivity index (χ0v) is 34.2. The molecule has 54 heavy (non-hydrogen) atoms. The van der Waals surface area contributed by atoms with Crippen molar-refractivity contribution in [3.05, 3.63) is 0 Å². The number of rotatable bonds is 25. The van der Waals surface area contributed by atoms with Crippen LogP contribution in [0, 0.1) is 5.92 Å². The summed E-state index contributed by atoms with van der Waals surface area (Å²) in [4.78, 5) is 94.9. The van der Waals surface area contributed by atoms with Crippen molar-refractivity contribution in [2.75, 3.05) is 80.8 Å². The van der Waals surface area contributed by atoms with Gasteiger partial charge in [0.2, 0.25) is 41.4 Å². The Morgan fingerprint density at radius 3 is 1.46 bits per heavy atom. The lowest BCUT2D eigenvalue weighted by atomic mass is 9.95. The number of nitrogens with zero attached hydrogens (tertiary/aromatic N) is 1. The molecule has 0 saturated heterocycles. The molecule has 0 aliphatic carbocycles. The molecule has 0 spiro atoms. The van der Waals surface area contributed by atoms with E-state index in [1.165, 1.54) is 33.1 Å². The maximum absolute atomic E-state index is 12.0. The molecule has 0 rings (SSSR count). The molecule has 0 bridgehead atoms. The SMILES string of the molecule is CNC(=O)CN(CC(=O)NC)CC(=O)NCCOCCOCCC(=O)NC(C)(C)C.CNC(=O)C[C@H](CC(=O)CCCCC(=O)NC(C)(C)C)C(=O)NC. The van der Waals surface area contributed by atoms with Gasteiger partial charge in [-0.25, -0.2) is 0 Å². The maximum Gasteiger partial charge on any atom is 0.234 e. The monoisotopic (exact) mass is 773 g/mol. The van der Waals surface area contributed by atoms with Crippen LogP contribution in [0.15, 0.2) is 0 Å². The molecule has 7 N–H and O–H groups in total. The van der Waals surface area contributed by atoms with Gasteiger partial charge in [-0.05, 0) is 54.4 Å². The van der Waals surface area contributed by atoms with Crippen LogP contribution in [0.5, 0.6) is 0 Å². The number of amides is 7. The van der Waals surface area contributed by atoms with E-state index in [0.29, 0.717) is 58.7 Å². The van der Waals surface area contributed by atoms with Crippen molar-refractivity contribution < 1.29 is 47.8 Å². The largest absolute Gasteiger partial charge is 0.379 e. The molecular weight excluding hydrogens is 704 g/mol. The summed E-state index contributed by atoms with van der Waals surface area (Å²) in [6.45, 7) is 12.9. The summed E-state index contributed by atoms with van der Waals surface area (Å²) in [5, 5.41) is 18.2. The number of carbonyl (C=O) groups excluding carboxylic acids is 8. The van der Waals surface area contributed by atoms with Crippen LogP contribution in [0.4, 0.5) is 0 Å². The first-order valence-corrected chi connectivity index (χ1v) is 18.3. The van der Waals surface area contributed by atoms with E-state index < -0.39 is 5.92 Å². The Kier molecular flexibility index (Phi) is 28.1. The van der Waals surface area contributed by atoms with Crippen LogP contribution >= 0.6 is 0 Å². The molecular formula is C36H68N8O10. The summed E-state index contributed by atoms with van der Waals surface area (Å²) in [7, 11) is 5.95. The number of hydrogen-bond donors (Lipinski definition) is 7. The first-order chi connectivity index (χ1) is 25.2. The fourth-order valence-electron chi connectivity index (χ4n) is 4.47. The highest BCUT2D eigenvalue weighted by molar-refractivity contribution is 5.90. The summed E-state index contributed by atoms with van der Waals surface area (Å²) in [5.74, 6) is -2.27. The summed E-state index contributed by atoms with van der Waals surface area (Å²) in [6.07, 6.45) is 2.23. The second-order valence-corrected chi connectivity index (χ2v) is 14.6. The second-order valence-electron chi connectivity index (χ2n) is 14.6. The van der Waals surface area contributed by atoms with Crippen LogP contribution in [0.25, 0.3) is 0 Å². The van der Waals surface area contributed by atoms with Crippen molar-refractivity contribution in [2.45, 2.75) is 97.6 Å². The summed E-state index contributed by atoms with van der Waals surface area (Å²) in [5.41, 5.74) is -0.514. The topological polar surface area (TPSA) is 242 Å². The molecule has 1 atom stereocenters. The zero-order valence-electron chi connectivity index (χ0n) is 34.2. The molecule has 0 aliphatic rings. The summed E-state index contributed by atoms with van der Waals surface area (Å²) in [6, 6.07) is 0. The minimum absolute atomic E-state index is 0.00407. The molecule has 18 heteroatoms. The van der Waals surface area contributed by atoms with Gasteiger partial charge in [0.05, 0.1) is 52.0 Å². The molecule has 0 fully saturated rings. The lowest BCUT2D eigenvalue weighted by Crippen LogP contribution is -2.46. The summed E-state index contributed by atoms with van der Waals surface area (Å²) < 4.78 is 10.7. The number of unbranched alkanes of at least 4 members (excludes halogenated alkanes) is 1. The first kappa shape index (κ1) is 51.9. The van der Waals surface area contributed by atoms with Crippen molar-refractivity contribution in [1.29, 1.82) is 0 Å². The number of likely N-dealkylation sites (N-methyl/N-ethyl adjacent to an activating group) is 2. The van der Waals surface area contributed by atoms with Crippen LogP contribution in [0.1, 0.15) is 86.5 Å². The maximum atomic E-state index is 12.0. The van der Waals surface area contributed by atoms with Gasteiger partial charge < -0.3 is 46.7 Å². The van der Waals surface area contributed by atoms with E-state index in [9.17, 15) is 38.4 Å². The third-order valence-corrected chi connectivity index (χ3v) is 7.01. The van der Waals surface area contributed by atoms with E-state index in [1.807, 2.05) is 41.5 Å². The number of ketones is 1. The average Bonchev–Trinajstić information content (AvgIpc) is 3.07. The second kappa shape index (κ2) is 29.2. The number of hydrogen-bond acceptors (Lipinski definition) is 11. The van der Waals surface area contributed by atoms with Crippen LogP contribution in [-0.4, -0.2) is 144 Å². The Morgan fingerprint density at radius 1 is 0.519 bits per heavy atom. The molecule has 0 radical (unpaired) electrons. The lowest BCUT2D eigenvalue weighted by Gasteiger charge is -2.20. The van der Waals surface area contributed by atoms with Gasteiger partial charge in [0.1, 0.15) is 5.78 Å². The van der Waals surface area contributed by atoms with Crippen LogP contribution in [-0.2, 0) is 47.8 Å². The van der Waals surface area contributed by atoms with E-state index in [0.717, 1.165) is 0 Å². The van der Waals surface area contributed by atoms with Crippen LogP contribution in [0.2, 0.25) is 0 Å². The Labute approximate surface area is 321 Å². The van der Waals surface area contributed by atoms with Gasteiger partial charge in [0, 0.05) is 77.9 Å². The molecule has 0 saturated carbocycles. The van der Waals surface area contributed by atoms with Crippen molar-refractivity contribution >= 4 is 47.1 Å². The third kappa shape index (κ3) is 32.5. The van der Waals surface area contributed by atoms with Crippen molar-refractivity contribution in [1.82, 2.24) is 42.1 Å². The first-order valence-electron chi connectivity index (χ1n) is 18.3. The molecule has 18 nitrogen and oxygen atoms in total. The molecule has 7 amide bonds. The Bertz CT molecular complexity index is 1170. The lowest BCUT2D eigenvalue weighted by molar-refractivity contribution is -0.132. The van der Waals surface area contributed by atoms with Gasteiger partial charge in [-0.15, -0.1) is 0 Å². The fourth-order valence-corrected chi connectivity index (χ4v) is 4.47. The highest BCUT2D eigenvalue weighted by Gasteiger charge is 2.23. The number of ether oxygens (including phenoxy) is 2. The van der Waals surface area contributed by atoms with Gasteiger partial charge in [-0.1, -0.05) is 0 Å². The summed E-state index contributed by atoms with van der Waals surface area (Å²) >= 11 is 0. The van der Waals surface area contributed by atoms with Gasteiger partial charge in [0.15, 0.2) is 0 Å². The van der Waals surface area contributed by atoms with Gasteiger partial charge in [-0.3, -0.25) is 43.3 Å². The molecule has 0 aromatic heterocycles. The van der Waals surface area contributed by atoms with Crippen molar-refractivity contribution in [3.8, 4) is 0 Å². The Balaban J connectivity index is 0. The standard InChI is InChI=1S/C19H37N5O6.C17H31N3O4/c1-19(2,3)23-15(25)6-8-29-10-11-30-9-7-22-18(28)14-24(12-16(26)20-4)13-17(27)21-5;1-17(2,3)20-14(22)9-7-6-8-13(21)10-12(16(24)19-5)11-15(23)18-4/h6-14H2,1-5H3,(H,20,26)(H,21,27)(H,22,28)(H,23,25);12H,6-11H2,1-5H3,(H,18,23)(H,19,24)(H,20,22)/t;12-/m.0/s1. The highest BCUT2D eigenvalue weighted by atomic mass is 16.5. The van der Waals surface area contributed by atoms with Gasteiger partial charge in [-0.2, -0.15) is 0 Å². The number of nitrogens with one attached hydrogen (secondary N) is 7. The molecule has 0 heterocycles. The van der Waals surface area contributed by atoms with Crippen molar-refractivity contribution in [3.63, 3.8) is 0 Å². The zero-order chi connectivity index (χ0) is 41.7. The number of Topliss-reactive ketones (excluding diaryl/α,β-unsaturated/α-hetero) is 1. The van der Waals surface area contributed by atoms with Gasteiger partial charge in [0.25, 0.3) is 0 Å². The minimum Gasteiger partial charge on any atom is -0.379 e. The van der Waals surface area contributed by atoms with Crippen LogP contribution in [0.3, 0.4) is 0 Å². The van der Waals surface area contributed by atoms with Crippen molar-refractivity contribution in [2.24, 2.45) is 5.92 Å². The van der Waals surface area contributed by atoms with E-state index in [1.54, 1.807) is 0 Å². The molecule has 0 aliphatic heterocycles. The predicted molar refractivity (Wildman–Crippen MR) is 204 cm³/mol. The average molecular weight is 773 g/mol. The highest BCUT2D eigenvalue weighted by Crippen LogP contribution is 2.13. The fraction of sp³-hybridized carbons (Fsp3) is 0.778. The Morgan fingerprint density at radius 2 is 0.981 bits per heavy atom. The predicted octanol–water partition coefficient (Wildman–Crippen LogP) is -0.846. The molecule has 312 valence electrons. The molecule has 0 aromatic carbocycles. The Hall–Kier alpha value is -4.16. The van der Waals surface area contributed by atoms with E-state index in [2.05, 4.69) is 37.2 Å². The van der Waals surface area contributed by atoms with E-state index >= 15 is 0 Å². The number of carbonyl (C=O) groups is 8. The third-order valence-electron chi connectivity index (χ3n) is 7.01. The molecule has 0 unspecified atom stereocenters. The van der Waals surface area contributed by atoms with Crippen LogP contribution < -0.4 is 37.2 Å².